The molecule has 2 bridgehead atoms. The minimum Gasteiger partial charge on any atom is -0.465 e. The van der Waals surface area contributed by atoms with Crippen molar-refractivity contribution in [1.29, 1.82) is 0 Å². The molecule has 1 saturated carbocycles. The zero-order valence-corrected chi connectivity index (χ0v) is 11.1. The van der Waals surface area contributed by atoms with E-state index in [1.165, 1.54) is 0 Å². The van der Waals surface area contributed by atoms with E-state index in [0.29, 0.717) is 0 Å². The van der Waals surface area contributed by atoms with Crippen LogP contribution < -0.4 is 0 Å². The van der Waals surface area contributed by atoms with Crippen LogP contribution in [0.1, 0.15) is 27.2 Å². The number of hydrogen-bond acceptors (Lipinski definition) is 4. The Labute approximate surface area is 107 Å². The summed E-state index contributed by atoms with van der Waals surface area (Å²) in [5.74, 6) is -0.689. The van der Waals surface area contributed by atoms with E-state index in [1.54, 1.807) is 13.8 Å². The number of esters is 2. The van der Waals surface area contributed by atoms with Crippen LogP contribution in [0.4, 0.5) is 0 Å². The molecule has 0 saturated heterocycles. The second-order valence-electron chi connectivity index (χ2n) is 4.99. The first-order valence-electron chi connectivity index (χ1n) is 6.61. The Morgan fingerprint density at radius 3 is 2.11 bits per heavy atom. The van der Waals surface area contributed by atoms with Gasteiger partial charge in [-0.25, -0.2) is 0 Å². The van der Waals surface area contributed by atoms with Gasteiger partial charge in [-0.15, -0.1) is 0 Å². The third-order valence-electron chi connectivity index (χ3n) is 4.29. The maximum atomic E-state index is 12.3. The maximum absolute atomic E-state index is 12.3. The number of ether oxygens (including phenoxy) is 2. The zero-order valence-electron chi connectivity index (χ0n) is 11.1. The highest BCUT2D eigenvalue weighted by Crippen LogP contribution is 2.57. The van der Waals surface area contributed by atoms with Crippen molar-refractivity contribution in [3.05, 3.63) is 12.2 Å². The summed E-state index contributed by atoms with van der Waals surface area (Å²) in [4.78, 5) is 24.7. The lowest BCUT2D eigenvalue weighted by Crippen LogP contribution is -2.49. The molecule has 2 aliphatic carbocycles. The van der Waals surface area contributed by atoms with Crippen molar-refractivity contribution >= 4 is 11.9 Å². The summed E-state index contributed by atoms with van der Waals surface area (Å²) in [5.41, 5.74) is -1.12. The molecule has 0 radical (unpaired) electrons. The Morgan fingerprint density at radius 1 is 1.17 bits per heavy atom. The molecule has 0 unspecified atom stereocenters. The third-order valence-corrected chi connectivity index (χ3v) is 4.29. The summed E-state index contributed by atoms with van der Waals surface area (Å²) in [7, 11) is 0. The topological polar surface area (TPSA) is 52.6 Å². The normalized spacial score (nSPS) is 31.4. The molecule has 0 aliphatic heterocycles. The van der Waals surface area contributed by atoms with Gasteiger partial charge in [-0.2, -0.15) is 0 Å². The molecule has 18 heavy (non-hydrogen) atoms. The zero-order chi connectivity index (χ0) is 13.3. The summed E-state index contributed by atoms with van der Waals surface area (Å²) in [6.45, 7) is 6.03. The summed E-state index contributed by atoms with van der Waals surface area (Å²) < 4.78 is 10.3. The molecule has 0 N–H and O–H groups in total. The molecule has 0 aromatic heterocycles. The Kier molecular flexibility index (Phi) is 3.46. The van der Waals surface area contributed by atoms with Crippen LogP contribution in [-0.2, 0) is 19.1 Å². The van der Waals surface area contributed by atoms with E-state index in [-0.39, 0.29) is 31.0 Å². The van der Waals surface area contributed by atoms with Crippen molar-refractivity contribution in [2.75, 3.05) is 13.2 Å². The van der Waals surface area contributed by atoms with Gasteiger partial charge in [0.2, 0.25) is 0 Å². The highest BCUT2D eigenvalue weighted by atomic mass is 16.6. The standard InChI is InChI=1S/C14H20O4/c1-4-17-12(15)14(13(16)18-5-2)9(3)10-6-7-11(14)8-10/h6-7,9-11H,4-5,8H2,1-3H3/t9-,10-,11-/m0/s1. The lowest BCUT2D eigenvalue weighted by atomic mass is 9.69. The molecule has 0 spiro atoms. The van der Waals surface area contributed by atoms with Crippen molar-refractivity contribution in [1.82, 2.24) is 0 Å². The van der Waals surface area contributed by atoms with Gasteiger partial charge in [0.05, 0.1) is 13.2 Å². The minimum absolute atomic E-state index is 0.0504. The van der Waals surface area contributed by atoms with E-state index in [2.05, 4.69) is 6.08 Å². The Hall–Kier alpha value is -1.32. The average molecular weight is 252 g/mol. The van der Waals surface area contributed by atoms with Gasteiger partial charge < -0.3 is 9.47 Å². The predicted octanol–water partition coefficient (Wildman–Crippen LogP) is 1.94. The number of allylic oxidation sites excluding steroid dienone is 2. The van der Waals surface area contributed by atoms with Crippen molar-refractivity contribution < 1.29 is 19.1 Å². The number of fused-ring (bicyclic) bond motifs is 2. The lowest BCUT2D eigenvalue weighted by molar-refractivity contribution is -0.178. The molecule has 0 heterocycles. The van der Waals surface area contributed by atoms with E-state index in [9.17, 15) is 9.59 Å². The lowest BCUT2D eigenvalue weighted by Gasteiger charge is -2.35. The van der Waals surface area contributed by atoms with Crippen molar-refractivity contribution in [3.63, 3.8) is 0 Å². The van der Waals surface area contributed by atoms with Gasteiger partial charge in [-0.3, -0.25) is 9.59 Å². The van der Waals surface area contributed by atoms with Gasteiger partial charge in [0.25, 0.3) is 0 Å². The molecule has 100 valence electrons. The second-order valence-corrected chi connectivity index (χ2v) is 4.99. The van der Waals surface area contributed by atoms with Crippen LogP contribution in [0.2, 0.25) is 0 Å². The highest BCUT2D eigenvalue weighted by Gasteiger charge is 2.65. The molecular weight excluding hydrogens is 232 g/mol. The number of hydrogen-bond donors (Lipinski definition) is 0. The monoisotopic (exact) mass is 252 g/mol. The van der Waals surface area contributed by atoms with Gasteiger partial charge >= 0.3 is 11.9 Å². The SMILES string of the molecule is CCOC(=O)C1(C(=O)OCC)[C@H]2C=C[C@@H](C2)[C@@H]1C. The van der Waals surface area contributed by atoms with Crippen LogP contribution in [0.5, 0.6) is 0 Å². The van der Waals surface area contributed by atoms with Gasteiger partial charge in [0.15, 0.2) is 5.41 Å². The summed E-state index contributed by atoms with van der Waals surface area (Å²) in [5, 5.41) is 0. The fraction of sp³-hybridized carbons (Fsp3) is 0.714. The smallest absolute Gasteiger partial charge is 0.324 e. The molecule has 3 atom stereocenters. The molecule has 4 nitrogen and oxygen atoms in total. The van der Waals surface area contributed by atoms with Gasteiger partial charge in [0, 0.05) is 5.92 Å². The minimum atomic E-state index is -1.12. The van der Waals surface area contributed by atoms with Crippen LogP contribution in [0, 0.1) is 23.2 Å². The van der Waals surface area contributed by atoms with Crippen LogP contribution in [0.25, 0.3) is 0 Å². The molecule has 0 aromatic carbocycles. The fourth-order valence-electron chi connectivity index (χ4n) is 3.37. The number of carbonyl (C=O) groups is 2. The number of carbonyl (C=O) groups excluding carboxylic acids is 2. The first-order chi connectivity index (χ1) is 8.58. The molecule has 2 aliphatic rings. The van der Waals surface area contributed by atoms with Gasteiger partial charge in [-0.1, -0.05) is 19.1 Å². The maximum Gasteiger partial charge on any atom is 0.324 e. The third kappa shape index (κ3) is 1.58. The van der Waals surface area contributed by atoms with E-state index < -0.39 is 17.4 Å². The fourth-order valence-corrected chi connectivity index (χ4v) is 3.37. The largest absolute Gasteiger partial charge is 0.465 e. The van der Waals surface area contributed by atoms with Crippen molar-refractivity contribution in [2.24, 2.45) is 23.2 Å². The van der Waals surface area contributed by atoms with Crippen molar-refractivity contribution in [2.45, 2.75) is 27.2 Å². The van der Waals surface area contributed by atoms with Crippen molar-refractivity contribution in [3.8, 4) is 0 Å². The average Bonchev–Trinajstić information content (AvgIpc) is 2.89. The molecule has 2 rings (SSSR count). The van der Waals surface area contributed by atoms with Gasteiger partial charge in [-0.05, 0) is 32.1 Å². The van der Waals surface area contributed by atoms with E-state index in [0.717, 1.165) is 6.42 Å². The Balaban J connectivity index is 2.38. The number of rotatable bonds is 4. The Morgan fingerprint density at radius 2 is 1.72 bits per heavy atom. The molecule has 4 heteroatoms. The molecule has 0 aromatic rings. The molecule has 0 amide bonds. The molecule has 1 fully saturated rings. The Bertz CT molecular complexity index is 367. The summed E-state index contributed by atoms with van der Waals surface area (Å²) in [6.07, 6.45) is 4.92. The first kappa shape index (κ1) is 13.1. The van der Waals surface area contributed by atoms with Crippen LogP contribution in [0.3, 0.4) is 0 Å². The molecular formula is C14H20O4. The highest BCUT2D eigenvalue weighted by molar-refractivity contribution is 6.02. The van der Waals surface area contributed by atoms with Crippen LogP contribution in [0.15, 0.2) is 12.2 Å². The second kappa shape index (κ2) is 4.75. The van der Waals surface area contributed by atoms with E-state index >= 15 is 0 Å². The predicted molar refractivity (Wildman–Crippen MR) is 65.6 cm³/mol. The van der Waals surface area contributed by atoms with Crippen LogP contribution in [-0.4, -0.2) is 25.2 Å². The van der Waals surface area contributed by atoms with E-state index in [1.807, 2.05) is 13.0 Å². The van der Waals surface area contributed by atoms with Gasteiger partial charge in [0.1, 0.15) is 0 Å². The first-order valence-corrected chi connectivity index (χ1v) is 6.61. The van der Waals surface area contributed by atoms with Crippen LogP contribution >= 0.6 is 0 Å². The van der Waals surface area contributed by atoms with E-state index in [4.69, 9.17) is 9.47 Å². The summed E-state index contributed by atoms with van der Waals surface area (Å²) in [6, 6.07) is 0. The quantitative estimate of drug-likeness (QED) is 0.436. The summed E-state index contributed by atoms with van der Waals surface area (Å²) >= 11 is 0.